The van der Waals surface area contributed by atoms with Crippen molar-refractivity contribution in [2.75, 3.05) is 11.9 Å². The number of nitrogens with zero attached hydrogens (tertiary/aromatic N) is 2. The van der Waals surface area contributed by atoms with Crippen molar-refractivity contribution in [3.8, 4) is 0 Å². The second-order valence-corrected chi connectivity index (χ2v) is 7.06. The van der Waals surface area contributed by atoms with Crippen molar-refractivity contribution in [2.45, 2.75) is 13.3 Å². The van der Waals surface area contributed by atoms with Crippen LogP contribution in [-0.4, -0.2) is 12.9 Å². The molecule has 2 aromatic carbocycles. The first-order valence-corrected chi connectivity index (χ1v) is 10.0. The molecule has 1 aliphatic heterocycles. The summed E-state index contributed by atoms with van der Waals surface area (Å²) in [7, 11) is 2.04. The molecule has 0 unspecified atom stereocenters. The molecular weight excluding hydrogens is 370 g/mol. The molecule has 1 aromatic heterocycles. The minimum atomic E-state index is 0.499. The van der Waals surface area contributed by atoms with Gasteiger partial charge in [-0.3, -0.25) is 0 Å². The molecule has 0 amide bonds. The number of aliphatic imine (C=N–C) groups is 1. The van der Waals surface area contributed by atoms with Crippen LogP contribution < -0.4 is 10.6 Å². The van der Waals surface area contributed by atoms with Gasteiger partial charge in [-0.1, -0.05) is 56.0 Å². The first-order valence-electron chi connectivity index (χ1n) is 10.0. The van der Waals surface area contributed by atoms with E-state index in [0.717, 1.165) is 51.2 Å². The molecule has 0 aliphatic carbocycles. The smallest absolute Gasteiger partial charge is 0.135 e. The molecule has 30 heavy (non-hydrogen) atoms. The summed E-state index contributed by atoms with van der Waals surface area (Å²) in [5, 5.41) is 1.07. The van der Waals surface area contributed by atoms with E-state index in [9.17, 15) is 0 Å². The van der Waals surface area contributed by atoms with Gasteiger partial charge in [-0.05, 0) is 36.8 Å². The predicted octanol–water partition coefficient (Wildman–Crippen LogP) is 6.21. The van der Waals surface area contributed by atoms with E-state index in [-0.39, 0.29) is 0 Å². The average Bonchev–Trinajstić information content (AvgIpc) is 3.14. The van der Waals surface area contributed by atoms with Gasteiger partial charge in [-0.25, -0.2) is 4.99 Å². The third-order valence-corrected chi connectivity index (χ3v) is 5.20. The highest BCUT2D eigenvalue weighted by atomic mass is 16.3. The van der Waals surface area contributed by atoms with Gasteiger partial charge in [0.2, 0.25) is 0 Å². The van der Waals surface area contributed by atoms with Crippen molar-refractivity contribution in [3.05, 3.63) is 95.9 Å². The Labute approximate surface area is 177 Å². The number of rotatable bonds is 6. The van der Waals surface area contributed by atoms with Gasteiger partial charge in [0.15, 0.2) is 0 Å². The number of anilines is 1. The summed E-state index contributed by atoms with van der Waals surface area (Å²) in [5.41, 5.74) is 12.4. The molecule has 2 N–H and O–H groups in total. The predicted molar refractivity (Wildman–Crippen MR) is 128 cm³/mol. The molecule has 4 rings (SSSR count). The number of hydrogen-bond acceptors (Lipinski definition) is 3. The molecule has 0 atom stereocenters. The number of nitrogens with two attached hydrogens (primary N) is 1. The summed E-state index contributed by atoms with van der Waals surface area (Å²) in [6.45, 7) is 6.00. The third kappa shape index (κ3) is 3.37. The second kappa shape index (κ2) is 8.29. The van der Waals surface area contributed by atoms with Gasteiger partial charge >= 0.3 is 0 Å². The standard InChI is InChI=1S/C26H25N3O/c1-4-6-7-10-16-28-26(27)20-14-11-13-19-22(29(3)25(19)20)17-21-18-12-8-9-15-24(18)30-23(21)5-2/h5-17H,2,4H2,1,3H3,(H2,27,28)/b7-6-,16-10-,22-17-. The Balaban J connectivity index is 1.73. The van der Waals surface area contributed by atoms with E-state index in [1.807, 2.05) is 49.5 Å². The number of furan rings is 1. The second-order valence-electron chi connectivity index (χ2n) is 7.06. The van der Waals surface area contributed by atoms with Crippen molar-refractivity contribution >= 4 is 40.3 Å². The molecule has 0 spiro atoms. The summed E-state index contributed by atoms with van der Waals surface area (Å²) >= 11 is 0. The highest BCUT2D eigenvalue weighted by Gasteiger charge is 2.30. The van der Waals surface area contributed by atoms with Crippen LogP contribution in [0.5, 0.6) is 0 Å². The van der Waals surface area contributed by atoms with E-state index in [0.29, 0.717) is 5.84 Å². The number of fused-ring (bicyclic) bond motifs is 2. The Morgan fingerprint density at radius 2 is 2.00 bits per heavy atom. The summed E-state index contributed by atoms with van der Waals surface area (Å²) in [6, 6.07) is 14.2. The minimum Gasteiger partial charge on any atom is -0.456 e. The number of allylic oxidation sites excluding steroid dienone is 3. The SMILES string of the molecule is C=Cc1oc2ccccc2c1/C=C1/c2cccc(C(N)=N/C=C\C=C/CC)c2N1C. The van der Waals surface area contributed by atoms with Gasteiger partial charge in [0, 0.05) is 35.3 Å². The number of hydrogen-bond donors (Lipinski definition) is 1. The van der Waals surface area contributed by atoms with Gasteiger partial charge in [-0.15, -0.1) is 0 Å². The zero-order chi connectivity index (χ0) is 21.1. The van der Waals surface area contributed by atoms with E-state index in [1.165, 1.54) is 0 Å². The van der Waals surface area contributed by atoms with Gasteiger partial charge in [0.05, 0.1) is 11.4 Å². The topological polar surface area (TPSA) is 54.8 Å². The first-order chi connectivity index (χ1) is 14.7. The van der Waals surface area contributed by atoms with Crippen molar-refractivity contribution in [1.82, 2.24) is 0 Å². The lowest BCUT2D eigenvalue weighted by Crippen LogP contribution is -2.30. The van der Waals surface area contributed by atoms with Gasteiger partial charge < -0.3 is 15.1 Å². The fraction of sp³-hybridized carbons (Fsp3) is 0.115. The number of benzene rings is 2. The van der Waals surface area contributed by atoms with Crippen molar-refractivity contribution in [1.29, 1.82) is 0 Å². The summed E-state index contributed by atoms with van der Waals surface area (Å²) in [6.07, 6.45) is 12.6. The summed E-state index contributed by atoms with van der Waals surface area (Å²) in [5.74, 6) is 1.27. The zero-order valence-corrected chi connectivity index (χ0v) is 17.3. The van der Waals surface area contributed by atoms with Crippen LogP contribution in [0.25, 0.3) is 28.8 Å². The third-order valence-electron chi connectivity index (χ3n) is 5.20. The maximum absolute atomic E-state index is 6.28. The van der Waals surface area contributed by atoms with Crippen LogP contribution in [0.3, 0.4) is 0 Å². The van der Waals surface area contributed by atoms with Gasteiger partial charge in [-0.2, -0.15) is 0 Å². The molecule has 4 nitrogen and oxygen atoms in total. The number of amidine groups is 1. The number of para-hydroxylation sites is 2. The van der Waals surface area contributed by atoms with Gasteiger partial charge in [0.1, 0.15) is 17.2 Å². The van der Waals surface area contributed by atoms with Crippen LogP contribution in [0.1, 0.15) is 35.8 Å². The molecule has 2 heterocycles. The highest BCUT2D eigenvalue weighted by Crippen LogP contribution is 2.45. The lowest BCUT2D eigenvalue weighted by Gasteiger charge is -2.37. The van der Waals surface area contributed by atoms with Crippen LogP contribution in [0.2, 0.25) is 0 Å². The normalized spacial score (nSPS) is 15.3. The lowest BCUT2D eigenvalue weighted by atomic mass is 9.92. The molecule has 0 radical (unpaired) electrons. The fourth-order valence-electron chi connectivity index (χ4n) is 3.72. The largest absolute Gasteiger partial charge is 0.456 e. The zero-order valence-electron chi connectivity index (χ0n) is 17.3. The molecular formula is C26H25N3O. The average molecular weight is 396 g/mol. The Morgan fingerprint density at radius 3 is 2.80 bits per heavy atom. The molecule has 1 aliphatic rings. The van der Waals surface area contributed by atoms with Gasteiger partial charge in [0.25, 0.3) is 0 Å². The Bertz CT molecular complexity index is 1220. The van der Waals surface area contributed by atoms with E-state index in [2.05, 4.69) is 47.7 Å². The Morgan fingerprint density at radius 1 is 1.17 bits per heavy atom. The van der Waals surface area contributed by atoms with Crippen LogP contribution in [0, 0.1) is 0 Å². The van der Waals surface area contributed by atoms with E-state index < -0.39 is 0 Å². The maximum atomic E-state index is 6.28. The molecule has 150 valence electrons. The van der Waals surface area contributed by atoms with Crippen LogP contribution in [0.15, 0.2) is 82.9 Å². The van der Waals surface area contributed by atoms with Crippen molar-refractivity contribution in [3.63, 3.8) is 0 Å². The van der Waals surface area contributed by atoms with Crippen molar-refractivity contribution < 1.29 is 4.42 Å². The van der Waals surface area contributed by atoms with E-state index in [1.54, 1.807) is 12.3 Å². The summed E-state index contributed by atoms with van der Waals surface area (Å²) in [4.78, 5) is 6.54. The molecule has 3 aromatic rings. The highest BCUT2D eigenvalue weighted by molar-refractivity contribution is 6.14. The van der Waals surface area contributed by atoms with Crippen molar-refractivity contribution in [2.24, 2.45) is 10.7 Å². The summed E-state index contributed by atoms with van der Waals surface area (Å²) < 4.78 is 5.94. The van der Waals surface area contributed by atoms with E-state index >= 15 is 0 Å². The van der Waals surface area contributed by atoms with Crippen LogP contribution in [0.4, 0.5) is 5.69 Å². The Hall–Kier alpha value is -3.79. The van der Waals surface area contributed by atoms with E-state index in [4.69, 9.17) is 10.2 Å². The van der Waals surface area contributed by atoms with Crippen LogP contribution >= 0.6 is 0 Å². The molecule has 0 saturated heterocycles. The first kappa shape index (κ1) is 19.5. The quantitative estimate of drug-likeness (QED) is 0.307. The fourth-order valence-corrected chi connectivity index (χ4v) is 3.72. The Kier molecular flexibility index (Phi) is 5.40. The molecule has 0 saturated carbocycles. The van der Waals surface area contributed by atoms with Crippen LogP contribution in [-0.2, 0) is 0 Å². The maximum Gasteiger partial charge on any atom is 0.135 e. The monoisotopic (exact) mass is 395 g/mol. The molecule has 4 heteroatoms. The lowest BCUT2D eigenvalue weighted by molar-refractivity contribution is 0.603. The molecule has 0 fully saturated rings. The minimum absolute atomic E-state index is 0.499. The molecule has 0 bridgehead atoms.